The molecule has 1 aliphatic heterocycles. The second kappa shape index (κ2) is 5.12. The van der Waals surface area contributed by atoms with Crippen molar-refractivity contribution in [3.63, 3.8) is 0 Å². The maximum Gasteiger partial charge on any atom is 0.154 e. The van der Waals surface area contributed by atoms with Gasteiger partial charge in [0.15, 0.2) is 5.82 Å². The van der Waals surface area contributed by atoms with Crippen LogP contribution in [0.2, 0.25) is 0 Å². The first kappa shape index (κ1) is 11.7. The number of aromatic nitrogens is 2. The van der Waals surface area contributed by atoms with Crippen LogP contribution in [0.15, 0.2) is 17.5 Å². The van der Waals surface area contributed by atoms with Crippen LogP contribution in [0.3, 0.4) is 0 Å². The van der Waals surface area contributed by atoms with Gasteiger partial charge in [-0.3, -0.25) is 5.10 Å². The van der Waals surface area contributed by atoms with Crippen molar-refractivity contribution in [2.24, 2.45) is 0 Å². The fraction of sp³-hybridized carbons (Fsp3) is 0.462. The Balaban J connectivity index is 1.89. The van der Waals surface area contributed by atoms with Crippen molar-refractivity contribution in [3.8, 4) is 10.6 Å². The molecule has 0 radical (unpaired) electrons. The Kier molecular flexibility index (Phi) is 3.34. The molecule has 96 valence electrons. The van der Waals surface area contributed by atoms with Crippen LogP contribution in [0.25, 0.3) is 10.6 Å². The van der Waals surface area contributed by atoms with Gasteiger partial charge >= 0.3 is 0 Å². The van der Waals surface area contributed by atoms with Gasteiger partial charge < -0.3 is 10.2 Å². The third-order valence-corrected chi connectivity index (χ3v) is 4.28. The lowest BCUT2D eigenvalue weighted by Gasteiger charge is -2.20. The van der Waals surface area contributed by atoms with Crippen LogP contribution in [0.5, 0.6) is 0 Å². The molecule has 4 nitrogen and oxygen atoms in total. The molecule has 0 atom stereocenters. The van der Waals surface area contributed by atoms with E-state index in [4.69, 9.17) is 0 Å². The maximum absolute atomic E-state index is 4.52. The normalized spacial score (nSPS) is 16.8. The summed E-state index contributed by atoms with van der Waals surface area (Å²) in [5.41, 5.74) is 2.43. The lowest BCUT2D eigenvalue weighted by molar-refractivity contribution is 0.724. The van der Waals surface area contributed by atoms with Crippen LogP contribution in [-0.2, 0) is 0 Å². The van der Waals surface area contributed by atoms with Crippen LogP contribution < -0.4 is 10.2 Å². The molecule has 0 aliphatic carbocycles. The fourth-order valence-corrected chi connectivity index (χ4v) is 3.19. The van der Waals surface area contributed by atoms with Crippen molar-refractivity contribution in [2.45, 2.75) is 13.3 Å². The molecule has 2 aromatic heterocycles. The van der Waals surface area contributed by atoms with Gasteiger partial charge in [-0.25, -0.2) is 0 Å². The van der Waals surface area contributed by atoms with E-state index in [1.165, 1.54) is 16.9 Å². The highest BCUT2D eigenvalue weighted by Crippen LogP contribution is 2.31. The molecule has 1 fully saturated rings. The molecule has 2 aromatic rings. The van der Waals surface area contributed by atoms with Gasteiger partial charge in [-0.1, -0.05) is 6.07 Å². The summed E-state index contributed by atoms with van der Waals surface area (Å²) in [6.45, 7) is 6.43. The molecule has 3 rings (SSSR count). The second-order valence-electron chi connectivity index (χ2n) is 4.62. The van der Waals surface area contributed by atoms with E-state index >= 15 is 0 Å². The molecular formula is C13H18N4S. The van der Waals surface area contributed by atoms with E-state index in [0.29, 0.717) is 0 Å². The molecule has 0 bridgehead atoms. The SMILES string of the molecule is Cc1c(N2CCCNCC2)n[nH]c1-c1cccs1. The molecular weight excluding hydrogens is 244 g/mol. The van der Waals surface area contributed by atoms with Crippen molar-refractivity contribution >= 4 is 17.2 Å². The van der Waals surface area contributed by atoms with Gasteiger partial charge in [0.05, 0.1) is 10.6 Å². The van der Waals surface area contributed by atoms with Crippen LogP contribution in [0, 0.1) is 6.92 Å². The molecule has 0 saturated carbocycles. The summed E-state index contributed by atoms with van der Waals surface area (Å²) in [4.78, 5) is 3.64. The molecule has 0 spiro atoms. The second-order valence-corrected chi connectivity index (χ2v) is 5.56. The Morgan fingerprint density at radius 2 is 2.28 bits per heavy atom. The van der Waals surface area contributed by atoms with Crippen LogP contribution >= 0.6 is 11.3 Å². The Morgan fingerprint density at radius 1 is 1.33 bits per heavy atom. The van der Waals surface area contributed by atoms with Crippen molar-refractivity contribution in [2.75, 3.05) is 31.1 Å². The van der Waals surface area contributed by atoms with Crippen molar-refractivity contribution in [1.29, 1.82) is 0 Å². The minimum Gasteiger partial charge on any atom is -0.354 e. The smallest absolute Gasteiger partial charge is 0.154 e. The molecule has 3 heterocycles. The van der Waals surface area contributed by atoms with E-state index in [9.17, 15) is 0 Å². The lowest BCUT2D eigenvalue weighted by atomic mass is 10.2. The fourth-order valence-electron chi connectivity index (χ4n) is 2.41. The first-order valence-corrected chi connectivity index (χ1v) is 7.29. The molecule has 1 saturated heterocycles. The standard InChI is InChI=1S/C13H18N4S/c1-10-12(11-4-2-9-18-11)15-16-13(10)17-7-3-5-14-6-8-17/h2,4,9,14H,3,5-8H2,1H3,(H,15,16). The third-order valence-electron chi connectivity index (χ3n) is 3.39. The predicted molar refractivity (Wildman–Crippen MR) is 76.3 cm³/mol. The van der Waals surface area contributed by atoms with Gasteiger partial charge in [0.1, 0.15) is 0 Å². The van der Waals surface area contributed by atoms with Crippen LogP contribution in [0.4, 0.5) is 5.82 Å². The number of rotatable bonds is 2. The van der Waals surface area contributed by atoms with Crippen molar-refractivity contribution in [1.82, 2.24) is 15.5 Å². The number of nitrogens with one attached hydrogen (secondary N) is 2. The van der Waals surface area contributed by atoms with Gasteiger partial charge in [-0.05, 0) is 31.3 Å². The van der Waals surface area contributed by atoms with Gasteiger partial charge in [0.2, 0.25) is 0 Å². The topological polar surface area (TPSA) is 44.0 Å². The van der Waals surface area contributed by atoms with Crippen molar-refractivity contribution < 1.29 is 0 Å². The summed E-state index contributed by atoms with van der Waals surface area (Å²) in [6.07, 6.45) is 1.18. The lowest BCUT2D eigenvalue weighted by Crippen LogP contribution is -2.28. The predicted octanol–water partition coefficient (Wildman–Crippen LogP) is 2.25. The van der Waals surface area contributed by atoms with E-state index in [-0.39, 0.29) is 0 Å². The number of thiophene rings is 1. The number of nitrogens with zero attached hydrogens (tertiary/aromatic N) is 2. The van der Waals surface area contributed by atoms with E-state index < -0.39 is 0 Å². The van der Waals surface area contributed by atoms with Gasteiger partial charge in [0, 0.05) is 25.2 Å². The highest BCUT2D eigenvalue weighted by Gasteiger charge is 2.18. The maximum atomic E-state index is 4.52. The Labute approximate surface area is 111 Å². The molecule has 2 N–H and O–H groups in total. The Morgan fingerprint density at radius 3 is 3.11 bits per heavy atom. The van der Waals surface area contributed by atoms with Crippen LogP contribution in [-0.4, -0.2) is 36.4 Å². The highest BCUT2D eigenvalue weighted by molar-refractivity contribution is 7.13. The average molecular weight is 262 g/mol. The molecule has 0 amide bonds. The van der Waals surface area contributed by atoms with E-state index in [2.05, 4.69) is 44.9 Å². The summed E-state index contributed by atoms with van der Waals surface area (Å²) in [5, 5.41) is 13.2. The molecule has 0 aromatic carbocycles. The van der Waals surface area contributed by atoms with Crippen LogP contribution in [0.1, 0.15) is 12.0 Å². The minimum atomic E-state index is 1.04. The minimum absolute atomic E-state index is 1.04. The number of aromatic amines is 1. The molecule has 1 aliphatic rings. The summed E-state index contributed by atoms with van der Waals surface area (Å²) >= 11 is 1.75. The van der Waals surface area contributed by atoms with E-state index in [1.54, 1.807) is 11.3 Å². The highest BCUT2D eigenvalue weighted by atomic mass is 32.1. The van der Waals surface area contributed by atoms with Gasteiger partial charge in [0.25, 0.3) is 0 Å². The summed E-state index contributed by atoms with van der Waals surface area (Å²) in [7, 11) is 0. The molecule has 0 unspecified atom stereocenters. The molecule has 5 heteroatoms. The summed E-state index contributed by atoms with van der Waals surface area (Å²) in [5.74, 6) is 1.11. The Hall–Kier alpha value is -1.33. The third kappa shape index (κ3) is 2.15. The number of anilines is 1. The zero-order chi connectivity index (χ0) is 12.4. The quantitative estimate of drug-likeness (QED) is 0.872. The average Bonchev–Trinajstić information content (AvgIpc) is 2.93. The van der Waals surface area contributed by atoms with E-state index in [0.717, 1.165) is 37.7 Å². The summed E-state index contributed by atoms with van der Waals surface area (Å²) in [6, 6.07) is 4.22. The zero-order valence-corrected chi connectivity index (χ0v) is 11.4. The van der Waals surface area contributed by atoms with Gasteiger partial charge in [-0.2, -0.15) is 5.10 Å². The summed E-state index contributed by atoms with van der Waals surface area (Å²) < 4.78 is 0. The first-order chi connectivity index (χ1) is 8.86. The largest absolute Gasteiger partial charge is 0.354 e. The van der Waals surface area contributed by atoms with E-state index in [1.807, 2.05) is 0 Å². The van der Waals surface area contributed by atoms with Crippen molar-refractivity contribution in [3.05, 3.63) is 23.1 Å². The first-order valence-electron chi connectivity index (χ1n) is 6.41. The number of H-pyrrole nitrogens is 1. The number of hydrogen-bond acceptors (Lipinski definition) is 4. The zero-order valence-electron chi connectivity index (χ0n) is 10.6. The molecule has 18 heavy (non-hydrogen) atoms. The number of hydrogen-bond donors (Lipinski definition) is 2. The Bertz CT molecular complexity index is 495. The van der Waals surface area contributed by atoms with Gasteiger partial charge in [-0.15, -0.1) is 11.3 Å². The monoisotopic (exact) mass is 262 g/mol.